The lowest BCUT2D eigenvalue weighted by molar-refractivity contribution is -0.173. The third-order valence-electron chi connectivity index (χ3n) is 3.16. The molecule has 0 radical (unpaired) electrons. The van der Waals surface area contributed by atoms with E-state index in [0.29, 0.717) is 0 Å². The van der Waals surface area contributed by atoms with Crippen molar-refractivity contribution in [1.82, 2.24) is 5.32 Å². The van der Waals surface area contributed by atoms with Crippen LogP contribution in [0.15, 0.2) is 60.7 Å². The van der Waals surface area contributed by atoms with Gasteiger partial charge in [0.15, 0.2) is 6.04 Å². The van der Waals surface area contributed by atoms with Crippen molar-refractivity contribution in [1.29, 1.82) is 0 Å². The number of amides is 2. The summed E-state index contributed by atoms with van der Waals surface area (Å²) in [4.78, 5) is 35.7. The predicted molar refractivity (Wildman–Crippen MR) is 83.8 cm³/mol. The van der Waals surface area contributed by atoms with Crippen LogP contribution in [0.3, 0.4) is 0 Å². The van der Waals surface area contributed by atoms with Crippen molar-refractivity contribution < 1.29 is 27.6 Å². The van der Waals surface area contributed by atoms with Crippen molar-refractivity contribution in [2.45, 2.75) is 12.2 Å². The standard InChI is InChI=1S/C17H13F3N2O3/c18-17(19,20)14(23)13(16(25)21-12-9-5-2-6-10-12)22-15(24)11-7-3-1-4-8-11/h1-10,13H,(H,21,25)(H,22,24). The molecule has 0 aromatic heterocycles. The fourth-order valence-electron chi connectivity index (χ4n) is 1.95. The maximum atomic E-state index is 12.8. The summed E-state index contributed by atoms with van der Waals surface area (Å²) < 4.78 is 38.3. The van der Waals surface area contributed by atoms with Crippen LogP contribution in [0.25, 0.3) is 0 Å². The molecule has 0 aliphatic rings. The Kier molecular flexibility index (Phi) is 5.53. The van der Waals surface area contributed by atoms with Gasteiger partial charge in [0.2, 0.25) is 0 Å². The minimum absolute atomic E-state index is 0.0231. The van der Waals surface area contributed by atoms with E-state index in [2.05, 4.69) is 5.32 Å². The number of halogens is 3. The molecule has 1 unspecified atom stereocenters. The van der Waals surface area contributed by atoms with Crippen LogP contribution < -0.4 is 10.6 Å². The molecule has 5 nitrogen and oxygen atoms in total. The number of hydrogen-bond acceptors (Lipinski definition) is 3. The number of benzene rings is 2. The lowest BCUT2D eigenvalue weighted by Gasteiger charge is -2.18. The molecule has 1 atom stereocenters. The molecule has 2 amide bonds. The summed E-state index contributed by atoms with van der Waals surface area (Å²) in [5.41, 5.74) is 0.219. The van der Waals surface area contributed by atoms with Crippen molar-refractivity contribution in [3.05, 3.63) is 66.2 Å². The lowest BCUT2D eigenvalue weighted by Crippen LogP contribution is -2.53. The Labute approximate surface area is 140 Å². The Bertz CT molecular complexity index is 762. The fourth-order valence-corrected chi connectivity index (χ4v) is 1.95. The summed E-state index contributed by atoms with van der Waals surface area (Å²) in [5, 5.41) is 4.02. The molecule has 2 aromatic rings. The SMILES string of the molecule is O=C(NC(C(=O)Nc1ccccc1)C(=O)C(F)(F)F)c1ccccc1. The first kappa shape index (κ1) is 18.2. The largest absolute Gasteiger partial charge is 0.452 e. The Morgan fingerprint density at radius 3 is 1.88 bits per heavy atom. The van der Waals surface area contributed by atoms with Gasteiger partial charge in [0.25, 0.3) is 17.6 Å². The zero-order valence-corrected chi connectivity index (χ0v) is 12.7. The van der Waals surface area contributed by atoms with Crippen molar-refractivity contribution in [2.24, 2.45) is 0 Å². The smallest absolute Gasteiger partial charge is 0.334 e. The first-order chi connectivity index (χ1) is 11.8. The lowest BCUT2D eigenvalue weighted by atomic mass is 10.1. The summed E-state index contributed by atoms with van der Waals surface area (Å²) in [6.45, 7) is 0. The normalized spacial score (nSPS) is 12.1. The highest BCUT2D eigenvalue weighted by atomic mass is 19.4. The Morgan fingerprint density at radius 2 is 1.36 bits per heavy atom. The number of carbonyl (C=O) groups is 3. The van der Waals surface area contributed by atoms with E-state index in [1.165, 1.54) is 36.4 Å². The second kappa shape index (κ2) is 7.61. The van der Waals surface area contributed by atoms with Crippen LogP contribution in [0, 0.1) is 0 Å². The van der Waals surface area contributed by atoms with Crippen LogP contribution in [-0.2, 0) is 9.59 Å². The molecule has 0 bridgehead atoms. The fraction of sp³-hybridized carbons (Fsp3) is 0.118. The number of para-hydroxylation sites is 1. The molecule has 0 saturated carbocycles. The molecule has 0 saturated heterocycles. The molecule has 0 spiro atoms. The number of Topliss-reactive ketones (excluding diaryl/α,β-unsaturated/α-hetero) is 1. The van der Waals surface area contributed by atoms with Gasteiger partial charge >= 0.3 is 6.18 Å². The second-order valence-corrected chi connectivity index (χ2v) is 4.99. The van der Waals surface area contributed by atoms with Gasteiger partial charge in [-0.2, -0.15) is 13.2 Å². The third kappa shape index (κ3) is 4.90. The number of rotatable bonds is 5. The van der Waals surface area contributed by atoms with Gasteiger partial charge in [-0.05, 0) is 24.3 Å². The molecule has 8 heteroatoms. The van der Waals surface area contributed by atoms with Crippen LogP contribution in [0.2, 0.25) is 0 Å². The quantitative estimate of drug-likeness (QED) is 0.814. The van der Waals surface area contributed by atoms with Gasteiger partial charge < -0.3 is 10.6 Å². The molecule has 0 aliphatic heterocycles. The highest BCUT2D eigenvalue weighted by Gasteiger charge is 2.47. The summed E-state index contributed by atoms with van der Waals surface area (Å²) >= 11 is 0. The van der Waals surface area contributed by atoms with Crippen molar-refractivity contribution in [3.63, 3.8) is 0 Å². The number of anilines is 1. The van der Waals surface area contributed by atoms with E-state index in [1.54, 1.807) is 24.3 Å². The molecule has 2 aromatic carbocycles. The van der Waals surface area contributed by atoms with Gasteiger partial charge in [-0.25, -0.2) is 0 Å². The monoisotopic (exact) mass is 350 g/mol. The Hall–Kier alpha value is -3.16. The van der Waals surface area contributed by atoms with Gasteiger partial charge in [-0.15, -0.1) is 0 Å². The van der Waals surface area contributed by atoms with E-state index in [9.17, 15) is 27.6 Å². The highest BCUT2D eigenvalue weighted by molar-refractivity contribution is 6.15. The number of ketones is 1. The van der Waals surface area contributed by atoms with Gasteiger partial charge in [0.05, 0.1) is 0 Å². The number of hydrogen-bond donors (Lipinski definition) is 2. The molecule has 0 heterocycles. The molecular weight excluding hydrogens is 337 g/mol. The molecule has 25 heavy (non-hydrogen) atoms. The molecule has 2 rings (SSSR count). The average Bonchev–Trinajstić information content (AvgIpc) is 2.59. The molecule has 0 aliphatic carbocycles. The molecular formula is C17H13F3N2O3. The van der Waals surface area contributed by atoms with E-state index in [4.69, 9.17) is 0 Å². The first-order valence-corrected chi connectivity index (χ1v) is 7.12. The maximum absolute atomic E-state index is 12.8. The predicted octanol–water partition coefficient (Wildman–Crippen LogP) is 2.56. The number of nitrogens with one attached hydrogen (secondary N) is 2. The van der Waals surface area contributed by atoms with E-state index < -0.39 is 29.8 Å². The van der Waals surface area contributed by atoms with Crippen LogP contribution in [-0.4, -0.2) is 29.8 Å². The van der Waals surface area contributed by atoms with Gasteiger partial charge in [0, 0.05) is 11.3 Å². The first-order valence-electron chi connectivity index (χ1n) is 7.12. The van der Waals surface area contributed by atoms with Crippen LogP contribution in [0.1, 0.15) is 10.4 Å². The molecule has 0 fully saturated rings. The summed E-state index contributed by atoms with van der Waals surface area (Å²) in [5.74, 6) is -4.60. The highest BCUT2D eigenvalue weighted by Crippen LogP contribution is 2.19. The molecule has 2 N–H and O–H groups in total. The van der Waals surface area contributed by atoms with E-state index in [-0.39, 0.29) is 11.3 Å². The molecule has 130 valence electrons. The van der Waals surface area contributed by atoms with Crippen molar-refractivity contribution in [2.75, 3.05) is 5.32 Å². The average molecular weight is 350 g/mol. The summed E-state index contributed by atoms with van der Waals surface area (Å²) in [6.07, 6.45) is -5.28. The van der Waals surface area contributed by atoms with E-state index in [1.807, 2.05) is 5.32 Å². The Balaban J connectivity index is 2.22. The topological polar surface area (TPSA) is 75.3 Å². The second-order valence-electron chi connectivity index (χ2n) is 4.99. The van der Waals surface area contributed by atoms with Crippen LogP contribution >= 0.6 is 0 Å². The van der Waals surface area contributed by atoms with Crippen molar-refractivity contribution in [3.8, 4) is 0 Å². The van der Waals surface area contributed by atoms with E-state index in [0.717, 1.165) is 0 Å². The zero-order valence-electron chi connectivity index (χ0n) is 12.7. The van der Waals surface area contributed by atoms with Gasteiger partial charge in [-0.1, -0.05) is 36.4 Å². The maximum Gasteiger partial charge on any atom is 0.452 e. The number of alkyl halides is 3. The van der Waals surface area contributed by atoms with Gasteiger partial charge in [0.1, 0.15) is 0 Å². The minimum Gasteiger partial charge on any atom is -0.334 e. The van der Waals surface area contributed by atoms with Crippen LogP contribution in [0.5, 0.6) is 0 Å². The summed E-state index contributed by atoms with van der Waals surface area (Å²) in [7, 11) is 0. The minimum atomic E-state index is -5.28. The third-order valence-corrected chi connectivity index (χ3v) is 3.16. The zero-order chi connectivity index (χ0) is 18.4. The van der Waals surface area contributed by atoms with E-state index >= 15 is 0 Å². The summed E-state index contributed by atoms with van der Waals surface area (Å²) in [6, 6.07) is 12.5. The van der Waals surface area contributed by atoms with Crippen molar-refractivity contribution >= 4 is 23.3 Å². The van der Waals surface area contributed by atoms with Crippen LogP contribution in [0.4, 0.5) is 18.9 Å². The van der Waals surface area contributed by atoms with Gasteiger partial charge in [-0.3, -0.25) is 14.4 Å². The number of carbonyl (C=O) groups excluding carboxylic acids is 3. The Morgan fingerprint density at radius 1 is 0.840 bits per heavy atom.